The van der Waals surface area contributed by atoms with Gasteiger partial charge in [0.05, 0.1) is 18.8 Å². The zero-order chi connectivity index (χ0) is 15.6. The van der Waals surface area contributed by atoms with Crippen molar-refractivity contribution in [2.75, 3.05) is 26.2 Å². The van der Waals surface area contributed by atoms with Gasteiger partial charge < -0.3 is 14.3 Å². The highest BCUT2D eigenvalue weighted by Gasteiger charge is 2.44. The molecule has 3 fully saturated rings. The second kappa shape index (κ2) is 6.95. The maximum Gasteiger partial charge on any atom is 0.168 e. The molecule has 0 bridgehead atoms. The van der Waals surface area contributed by atoms with Crippen molar-refractivity contribution in [1.82, 2.24) is 10.0 Å². The predicted octanol–water partition coefficient (Wildman–Crippen LogP) is 2.21. The van der Waals surface area contributed by atoms with Crippen molar-refractivity contribution in [2.45, 2.75) is 70.3 Å². The van der Waals surface area contributed by atoms with E-state index >= 15 is 0 Å². The molecule has 5 nitrogen and oxygen atoms in total. The SMILES string of the molecule is CCN(CC1COC2(CCC(C)CC2)O1)N1CCC[C@H]1C=O. The highest BCUT2D eigenvalue weighted by molar-refractivity contribution is 5.57. The Morgan fingerprint density at radius 2 is 2.09 bits per heavy atom. The van der Waals surface area contributed by atoms with Gasteiger partial charge in [-0.25, -0.2) is 10.0 Å². The third-order valence-electron chi connectivity index (χ3n) is 5.52. The molecule has 1 spiro atoms. The molecule has 0 amide bonds. The average Bonchev–Trinajstić information content (AvgIpc) is 3.15. The van der Waals surface area contributed by atoms with Crippen LogP contribution in [0.15, 0.2) is 0 Å². The Balaban J connectivity index is 1.55. The van der Waals surface area contributed by atoms with E-state index in [0.717, 1.165) is 57.5 Å². The summed E-state index contributed by atoms with van der Waals surface area (Å²) in [6.45, 7) is 7.86. The molecule has 0 aromatic carbocycles. The van der Waals surface area contributed by atoms with Crippen LogP contribution in [0.25, 0.3) is 0 Å². The van der Waals surface area contributed by atoms with Gasteiger partial charge in [-0.05, 0) is 31.6 Å². The predicted molar refractivity (Wildman–Crippen MR) is 84.2 cm³/mol. The average molecular weight is 310 g/mol. The van der Waals surface area contributed by atoms with Crippen molar-refractivity contribution in [3.8, 4) is 0 Å². The van der Waals surface area contributed by atoms with Crippen LogP contribution < -0.4 is 0 Å². The smallest absolute Gasteiger partial charge is 0.168 e. The van der Waals surface area contributed by atoms with Gasteiger partial charge in [0.2, 0.25) is 0 Å². The molecule has 126 valence electrons. The molecule has 1 aliphatic carbocycles. The van der Waals surface area contributed by atoms with Crippen LogP contribution in [0.2, 0.25) is 0 Å². The number of carbonyl (C=O) groups excluding carboxylic acids is 1. The number of likely N-dealkylation sites (N-methyl/N-ethyl adjacent to an activating group) is 1. The standard InChI is InChI=1S/C17H30N2O3/c1-3-18(19-10-4-5-15(19)12-20)11-16-13-21-17(22-16)8-6-14(2)7-9-17/h12,14-16H,3-11,13H2,1-2H3/t14?,15-,16?,17?/m0/s1. The first-order valence-electron chi connectivity index (χ1n) is 8.94. The topological polar surface area (TPSA) is 42.0 Å². The van der Waals surface area contributed by atoms with Crippen LogP contribution in [0.3, 0.4) is 0 Å². The van der Waals surface area contributed by atoms with Gasteiger partial charge in [0.1, 0.15) is 6.29 Å². The van der Waals surface area contributed by atoms with Crippen molar-refractivity contribution in [3.05, 3.63) is 0 Å². The molecular formula is C17H30N2O3. The quantitative estimate of drug-likeness (QED) is 0.728. The molecule has 3 aliphatic rings. The molecule has 0 aromatic rings. The van der Waals surface area contributed by atoms with E-state index in [9.17, 15) is 4.79 Å². The fraction of sp³-hybridized carbons (Fsp3) is 0.941. The third-order valence-corrected chi connectivity index (χ3v) is 5.52. The summed E-state index contributed by atoms with van der Waals surface area (Å²) in [5.74, 6) is 0.480. The summed E-state index contributed by atoms with van der Waals surface area (Å²) in [6, 6.07) is 0.0479. The number of carbonyl (C=O) groups is 1. The molecule has 1 unspecified atom stereocenters. The minimum absolute atomic E-state index is 0.0479. The van der Waals surface area contributed by atoms with Crippen LogP contribution in [0, 0.1) is 5.92 Å². The molecule has 2 heterocycles. The molecule has 2 saturated heterocycles. The second-order valence-corrected chi connectivity index (χ2v) is 7.16. The molecule has 0 N–H and O–H groups in total. The Hall–Kier alpha value is -0.490. The summed E-state index contributed by atoms with van der Waals surface area (Å²) in [6.07, 6.45) is 7.74. The summed E-state index contributed by atoms with van der Waals surface area (Å²) in [7, 11) is 0. The van der Waals surface area contributed by atoms with Crippen LogP contribution >= 0.6 is 0 Å². The van der Waals surface area contributed by atoms with E-state index in [1.165, 1.54) is 12.8 Å². The van der Waals surface area contributed by atoms with E-state index in [4.69, 9.17) is 9.47 Å². The zero-order valence-electron chi connectivity index (χ0n) is 14.0. The fourth-order valence-corrected chi connectivity index (χ4v) is 4.09. The molecule has 2 atom stereocenters. The highest BCUT2D eigenvalue weighted by Crippen LogP contribution is 2.40. The Labute approximate surface area is 133 Å². The van der Waals surface area contributed by atoms with Crippen LogP contribution in [0.1, 0.15) is 52.4 Å². The molecule has 5 heteroatoms. The van der Waals surface area contributed by atoms with Crippen molar-refractivity contribution in [2.24, 2.45) is 5.92 Å². The summed E-state index contributed by atoms with van der Waals surface area (Å²) < 4.78 is 12.4. The number of hydrogen-bond donors (Lipinski definition) is 0. The number of rotatable bonds is 5. The summed E-state index contributed by atoms with van der Waals surface area (Å²) >= 11 is 0. The monoisotopic (exact) mass is 310 g/mol. The van der Waals surface area contributed by atoms with Crippen molar-refractivity contribution >= 4 is 6.29 Å². The highest BCUT2D eigenvalue weighted by atomic mass is 16.7. The first-order valence-corrected chi connectivity index (χ1v) is 8.94. The zero-order valence-corrected chi connectivity index (χ0v) is 14.0. The fourth-order valence-electron chi connectivity index (χ4n) is 4.09. The maximum atomic E-state index is 11.2. The third kappa shape index (κ3) is 3.37. The molecule has 0 radical (unpaired) electrons. The Bertz CT molecular complexity index is 382. The second-order valence-electron chi connectivity index (χ2n) is 7.16. The van der Waals surface area contributed by atoms with Gasteiger partial charge in [0, 0.05) is 32.5 Å². The lowest BCUT2D eigenvalue weighted by Crippen LogP contribution is -2.49. The number of hydrogen-bond acceptors (Lipinski definition) is 5. The Morgan fingerprint density at radius 3 is 2.77 bits per heavy atom. The number of ether oxygens (including phenoxy) is 2. The molecule has 22 heavy (non-hydrogen) atoms. The van der Waals surface area contributed by atoms with Crippen LogP contribution in [-0.4, -0.2) is 60.5 Å². The van der Waals surface area contributed by atoms with E-state index in [2.05, 4.69) is 23.9 Å². The van der Waals surface area contributed by atoms with Gasteiger partial charge in [-0.15, -0.1) is 0 Å². The number of hydrazine groups is 1. The van der Waals surface area contributed by atoms with Crippen LogP contribution in [-0.2, 0) is 14.3 Å². The lowest BCUT2D eigenvalue weighted by Gasteiger charge is -2.37. The normalized spacial score (nSPS) is 39.9. The van der Waals surface area contributed by atoms with Gasteiger partial charge in [-0.3, -0.25) is 0 Å². The number of aldehydes is 1. The van der Waals surface area contributed by atoms with Gasteiger partial charge in [0.25, 0.3) is 0 Å². The molecular weight excluding hydrogens is 280 g/mol. The van der Waals surface area contributed by atoms with E-state index in [-0.39, 0.29) is 17.9 Å². The first kappa shape index (κ1) is 16.4. The van der Waals surface area contributed by atoms with Crippen LogP contribution in [0.5, 0.6) is 0 Å². The Kier molecular flexibility index (Phi) is 5.17. The Morgan fingerprint density at radius 1 is 1.32 bits per heavy atom. The minimum atomic E-state index is -0.314. The van der Waals surface area contributed by atoms with E-state index in [1.807, 2.05) is 0 Å². The summed E-state index contributed by atoms with van der Waals surface area (Å²) in [4.78, 5) is 11.2. The van der Waals surface area contributed by atoms with E-state index < -0.39 is 0 Å². The van der Waals surface area contributed by atoms with E-state index in [1.54, 1.807) is 0 Å². The summed E-state index contributed by atoms with van der Waals surface area (Å²) in [5, 5.41) is 4.51. The lowest BCUT2D eigenvalue weighted by atomic mass is 9.86. The van der Waals surface area contributed by atoms with Crippen LogP contribution in [0.4, 0.5) is 0 Å². The maximum absolute atomic E-state index is 11.2. The van der Waals surface area contributed by atoms with Crippen molar-refractivity contribution < 1.29 is 14.3 Å². The minimum Gasteiger partial charge on any atom is -0.347 e. The molecule has 2 aliphatic heterocycles. The lowest BCUT2D eigenvalue weighted by molar-refractivity contribution is -0.196. The van der Waals surface area contributed by atoms with E-state index in [0.29, 0.717) is 6.61 Å². The van der Waals surface area contributed by atoms with Gasteiger partial charge in [0.15, 0.2) is 5.79 Å². The molecule has 1 saturated carbocycles. The number of nitrogens with zero attached hydrogens (tertiary/aromatic N) is 2. The van der Waals surface area contributed by atoms with Crippen molar-refractivity contribution in [3.63, 3.8) is 0 Å². The van der Waals surface area contributed by atoms with Gasteiger partial charge in [-0.2, -0.15) is 0 Å². The summed E-state index contributed by atoms with van der Waals surface area (Å²) in [5.41, 5.74) is 0. The van der Waals surface area contributed by atoms with Gasteiger partial charge in [-0.1, -0.05) is 13.8 Å². The molecule has 0 aromatic heterocycles. The van der Waals surface area contributed by atoms with Gasteiger partial charge >= 0.3 is 0 Å². The first-order chi connectivity index (χ1) is 10.7. The molecule has 3 rings (SSSR count). The van der Waals surface area contributed by atoms with Crippen molar-refractivity contribution in [1.29, 1.82) is 0 Å². The largest absolute Gasteiger partial charge is 0.347 e.